The SMILES string of the molecule is C=C1CCC[C@]2(C)C[C@H]3OC(=O)[C@H](CN[C@H](CC)CO)[C@H]3C[C@@H]12. The monoisotopic (exact) mass is 321 g/mol. The Morgan fingerprint density at radius 2 is 2.30 bits per heavy atom. The van der Waals surface area contributed by atoms with E-state index in [0.29, 0.717) is 18.4 Å². The van der Waals surface area contributed by atoms with Gasteiger partial charge in [0.05, 0.1) is 12.5 Å². The van der Waals surface area contributed by atoms with Crippen molar-refractivity contribution in [2.45, 2.75) is 64.5 Å². The number of hydrogen-bond donors (Lipinski definition) is 2. The molecule has 3 aliphatic rings. The van der Waals surface area contributed by atoms with Gasteiger partial charge in [-0.05, 0) is 49.9 Å². The molecule has 6 atom stereocenters. The number of ether oxygens (including phenoxy) is 1. The van der Waals surface area contributed by atoms with E-state index >= 15 is 0 Å². The summed E-state index contributed by atoms with van der Waals surface area (Å²) in [5.41, 5.74) is 1.64. The van der Waals surface area contributed by atoms with E-state index in [4.69, 9.17) is 4.74 Å². The summed E-state index contributed by atoms with van der Waals surface area (Å²) in [7, 11) is 0. The van der Waals surface area contributed by atoms with E-state index < -0.39 is 0 Å². The summed E-state index contributed by atoms with van der Waals surface area (Å²) in [4.78, 5) is 12.4. The van der Waals surface area contributed by atoms with Crippen LogP contribution in [0.5, 0.6) is 0 Å². The molecular formula is C19H31NO3. The summed E-state index contributed by atoms with van der Waals surface area (Å²) >= 11 is 0. The van der Waals surface area contributed by atoms with Crippen molar-refractivity contribution in [3.8, 4) is 0 Å². The molecule has 2 aliphatic carbocycles. The van der Waals surface area contributed by atoms with Crippen LogP contribution in [0.25, 0.3) is 0 Å². The quantitative estimate of drug-likeness (QED) is 0.604. The minimum atomic E-state index is -0.0696. The molecule has 0 amide bonds. The molecule has 3 fully saturated rings. The van der Waals surface area contributed by atoms with E-state index in [2.05, 4.69) is 18.8 Å². The molecule has 0 spiro atoms. The van der Waals surface area contributed by atoms with Gasteiger partial charge in [0.25, 0.3) is 0 Å². The fraction of sp³-hybridized carbons (Fsp3) is 0.842. The van der Waals surface area contributed by atoms with Crippen LogP contribution in [-0.4, -0.2) is 36.4 Å². The van der Waals surface area contributed by atoms with E-state index in [1.807, 2.05) is 6.92 Å². The van der Waals surface area contributed by atoms with Gasteiger partial charge >= 0.3 is 5.97 Å². The summed E-state index contributed by atoms with van der Waals surface area (Å²) in [6, 6.07) is 0.0698. The fourth-order valence-electron chi connectivity index (χ4n) is 5.12. The lowest BCUT2D eigenvalue weighted by Gasteiger charge is -2.50. The number of nitrogens with one attached hydrogen (secondary N) is 1. The Morgan fingerprint density at radius 3 is 3.00 bits per heavy atom. The molecule has 1 aliphatic heterocycles. The third kappa shape index (κ3) is 3.08. The predicted molar refractivity (Wildman–Crippen MR) is 89.8 cm³/mol. The van der Waals surface area contributed by atoms with Crippen molar-refractivity contribution >= 4 is 5.97 Å². The Labute approximate surface area is 139 Å². The van der Waals surface area contributed by atoms with Crippen molar-refractivity contribution in [2.24, 2.45) is 23.2 Å². The van der Waals surface area contributed by atoms with Crippen molar-refractivity contribution in [3.05, 3.63) is 12.2 Å². The average Bonchev–Trinajstić information content (AvgIpc) is 2.81. The highest BCUT2D eigenvalue weighted by atomic mass is 16.6. The topological polar surface area (TPSA) is 58.6 Å². The van der Waals surface area contributed by atoms with Gasteiger partial charge in [0.1, 0.15) is 6.10 Å². The third-order valence-electron chi connectivity index (χ3n) is 6.66. The van der Waals surface area contributed by atoms with Crippen molar-refractivity contribution in [1.29, 1.82) is 0 Å². The van der Waals surface area contributed by atoms with Gasteiger partial charge in [-0.1, -0.05) is 26.0 Å². The zero-order valence-electron chi connectivity index (χ0n) is 14.5. The molecule has 130 valence electrons. The van der Waals surface area contributed by atoms with E-state index in [9.17, 15) is 9.90 Å². The van der Waals surface area contributed by atoms with Gasteiger partial charge < -0.3 is 15.2 Å². The lowest BCUT2D eigenvalue weighted by molar-refractivity contribution is -0.146. The average molecular weight is 321 g/mol. The van der Waals surface area contributed by atoms with Gasteiger partial charge in [-0.25, -0.2) is 0 Å². The van der Waals surface area contributed by atoms with Crippen molar-refractivity contribution < 1.29 is 14.6 Å². The van der Waals surface area contributed by atoms with Crippen LogP contribution in [0.15, 0.2) is 12.2 Å². The minimum absolute atomic E-state index is 0.0480. The van der Waals surface area contributed by atoms with E-state index in [0.717, 1.165) is 25.7 Å². The first-order valence-electron chi connectivity index (χ1n) is 9.21. The molecule has 0 aromatic rings. The Kier molecular flexibility index (Phi) is 4.84. The van der Waals surface area contributed by atoms with E-state index in [1.165, 1.54) is 18.4 Å². The normalized spacial score (nSPS) is 41.2. The van der Waals surface area contributed by atoms with Gasteiger partial charge in [0.2, 0.25) is 0 Å². The molecule has 0 unspecified atom stereocenters. The number of aliphatic hydroxyl groups excluding tert-OH is 1. The van der Waals surface area contributed by atoms with Gasteiger partial charge in [-0.2, -0.15) is 0 Å². The lowest BCUT2D eigenvalue weighted by Crippen LogP contribution is -2.46. The minimum Gasteiger partial charge on any atom is -0.462 e. The Balaban J connectivity index is 1.71. The molecule has 4 heteroatoms. The summed E-state index contributed by atoms with van der Waals surface area (Å²) < 4.78 is 5.76. The van der Waals surface area contributed by atoms with E-state index in [1.54, 1.807) is 0 Å². The highest BCUT2D eigenvalue weighted by Gasteiger charge is 2.54. The number of fused-ring (bicyclic) bond motifs is 2. The zero-order valence-corrected chi connectivity index (χ0v) is 14.5. The molecule has 23 heavy (non-hydrogen) atoms. The number of carbonyl (C=O) groups is 1. The largest absolute Gasteiger partial charge is 0.462 e. The first-order chi connectivity index (χ1) is 11.0. The maximum Gasteiger partial charge on any atom is 0.310 e. The third-order valence-corrected chi connectivity index (χ3v) is 6.66. The lowest BCUT2D eigenvalue weighted by atomic mass is 9.55. The second-order valence-corrected chi connectivity index (χ2v) is 8.10. The van der Waals surface area contributed by atoms with Gasteiger partial charge in [-0.3, -0.25) is 4.79 Å². The highest BCUT2D eigenvalue weighted by Crippen LogP contribution is 2.56. The molecule has 1 heterocycles. The van der Waals surface area contributed by atoms with Crippen LogP contribution in [0.2, 0.25) is 0 Å². The van der Waals surface area contributed by atoms with Crippen LogP contribution in [0, 0.1) is 23.2 Å². The van der Waals surface area contributed by atoms with Gasteiger partial charge in [0, 0.05) is 18.5 Å². The van der Waals surface area contributed by atoms with Crippen LogP contribution < -0.4 is 5.32 Å². The fourth-order valence-corrected chi connectivity index (χ4v) is 5.12. The number of carbonyl (C=O) groups excluding carboxylic acids is 1. The second-order valence-electron chi connectivity index (χ2n) is 8.10. The molecule has 0 radical (unpaired) electrons. The molecule has 2 saturated carbocycles. The summed E-state index contributed by atoms with van der Waals surface area (Å²) in [6.45, 7) is 9.46. The Bertz CT molecular complexity index is 473. The molecule has 0 aromatic heterocycles. The first kappa shape index (κ1) is 17.0. The molecule has 3 rings (SSSR count). The van der Waals surface area contributed by atoms with Crippen LogP contribution in [0.1, 0.15) is 52.4 Å². The summed E-state index contributed by atoms with van der Waals surface area (Å²) in [5.74, 6) is 0.724. The highest BCUT2D eigenvalue weighted by molar-refractivity contribution is 5.75. The molecule has 0 bridgehead atoms. The maximum absolute atomic E-state index is 12.4. The number of allylic oxidation sites excluding steroid dienone is 1. The van der Waals surface area contributed by atoms with Gasteiger partial charge in [-0.15, -0.1) is 0 Å². The van der Waals surface area contributed by atoms with Crippen LogP contribution >= 0.6 is 0 Å². The van der Waals surface area contributed by atoms with E-state index in [-0.39, 0.29) is 36.1 Å². The molecule has 1 saturated heterocycles. The first-order valence-corrected chi connectivity index (χ1v) is 9.21. The Morgan fingerprint density at radius 1 is 1.52 bits per heavy atom. The predicted octanol–water partition coefficient (Wildman–Crippen LogP) is 2.66. The number of esters is 1. The number of aliphatic hydroxyl groups is 1. The number of hydrogen-bond acceptors (Lipinski definition) is 4. The van der Waals surface area contributed by atoms with Crippen LogP contribution in [-0.2, 0) is 9.53 Å². The summed E-state index contributed by atoms with van der Waals surface area (Å²) in [5, 5.41) is 12.7. The standard InChI is InChI=1S/C19H31NO3/c1-4-13(11-21)20-10-15-14-8-16-12(2)6-5-7-19(16,3)9-17(14)23-18(15)22/h13-17,20-21H,2,4-11H2,1,3H3/t13-,14-,15-,16+,17-,19-/m1/s1. The smallest absolute Gasteiger partial charge is 0.310 e. The molecular weight excluding hydrogens is 290 g/mol. The molecule has 0 aromatic carbocycles. The van der Waals surface area contributed by atoms with Crippen molar-refractivity contribution in [3.63, 3.8) is 0 Å². The second kappa shape index (κ2) is 6.56. The maximum atomic E-state index is 12.4. The Hall–Kier alpha value is -0.870. The zero-order chi connectivity index (χ0) is 16.6. The molecule has 4 nitrogen and oxygen atoms in total. The van der Waals surface area contributed by atoms with Crippen LogP contribution in [0.3, 0.4) is 0 Å². The van der Waals surface area contributed by atoms with Crippen molar-refractivity contribution in [2.75, 3.05) is 13.2 Å². The van der Waals surface area contributed by atoms with Crippen LogP contribution in [0.4, 0.5) is 0 Å². The van der Waals surface area contributed by atoms with Gasteiger partial charge in [0.15, 0.2) is 0 Å². The summed E-state index contributed by atoms with van der Waals surface area (Å²) in [6.07, 6.45) is 6.55. The molecule has 2 N–H and O–H groups in total. The number of rotatable bonds is 5. The van der Waals surface area contributed by atoms with Crippen molar-refractivity contribution in [1.82, 2.24) is 5.32 Å².